The van der Waals surface area contributed by atoms with Crippen molar-refractivity contribution in [2.24, 2.45) is 7.05 Å². The van der Waals surface area contributed by atoms with E-state index in [9.17, 15) is 17.6 Å². The molecule has 9 heteroatoms. The zero-order chi connectivity index (χ0) is 23.8. The van der Waals surface area contributed by atoms with Crippen molar-refractivity contribution in [3.63, 3.8) is 0 Å². The van der Waals surface area contributed by atoms with E-state index in [-0.39, 0.29) is 16.8 Å². The van der Waals surface area contributed by atoms with Crippen LogP contribution in [0.1, 0.15) is 24.2 Å². The molecule has 0 bridgehead atoms. The van der Waals surface area contributed by atoms with Crippen LogP contribution in [0.3, 0.4) is 0 Å². The molecule has 1 heterocycles. The zero-order valence-electron chi connectivity index (χ0n) is 18.3. The SMILES string of the molecule is CC(C)NC(=O)c1ccc(-c2nc3cc(NS(=O)(=O)c4ccc(F)cc4)ccc3n2C)cc1. The molecule has 0 saturated heterocycles. The summed E-state index contributed by atoms with van der Waals surface area (Å²) in [6.07, 6.45) is 0. The molecule has 0 unspecified atom stereocenters. The fourth-order valence-corrected chi connectivity index (χ4v) is 4.52. The van der Waals surface area contributed by atoms with Gasteiger partial charge in [0.2, 0.25) is 0 Å². The topological polar surface area (TPSA) is 93.1 Å². The third-order valence-corrected chi connectivity index (χ3v) is 6.48. The van der Waals surface area contributed by atoms with Crippen molar-refractivity contribution in [1.29, 1.82) is 0 Å². The number of nitrogens with one attached hydrogen (secondary N) is 2. The molecule has 7 nitrogen and oxygen atoms in total. The lowest BCUT2D eigenvalue weighted by molar-refractivity contribution is 0.0943. The van der Waals surface area contributed by atoms with E-state index >= 15 is 0 Å². The van der Waals surface area contributed by atoms with Crippen LogP contribution in [0.2, 0.25) is 0 Å². The summed E-state index contributed by atoms with van der Waals surface area (Å²) in [5.41, 5.74) is 3.15. The van der Waals surface area contributed by atoms with E-state index in [4.69, 9.17) is 0 Å². The normalized spacial score (nSPS) is 11.7. The second kappa shape index (κ2) is 8.67. The first-order chi connectivity index (χ1) is 15.6. The largest absolute Gasteiger partial charge is 0.350 e. The number of rotatable bonds is 6. The highest BCUT2D eigenvalue weighted by molar-refractivity contribution is 7.92. The first-order valence-corrected chi connectivity index (χ1v) is 11.8. The fraction of sp³-hybridized carbons (Fsp3) is 0.167. The number of nitrogens with zero attached hydrogens (tertiary/aromatic N) is 2. The standard InChI is InChI=1S/C24H23FN4O3S/c1-15(2)26-24(30)17-6-4-16(5-7-17)23-27-21-14-19(10-13-22(21)29(23)3)28-33(31,32)20-11-8-18(25)9-12-20/h4-15,28H,1-3H3,(H,26,30). The molecule has 1 amide bonds. The van der Waals surface area contributed by atoms with Gasteiger partial charge in [0.1, 0.15) is 11.6 Å². The number of aryl methyl sites for hydroxylation is 1. The van der Waals surface area contributed by atoms with Gasteiger partial charge < -0.3 is 9.88 Å². The quantitative estimate of drug-likeness (QED) is 0.443. The van der Waals surface area contributed by atoms with E-state index in [0.29, 0.717) is 22.6 Å². The monoisotopic (exact) mass is 466 g/mol. The Labute approximate surface area is 191 Å². The number of anilines is 1. The van der Waals surface area contributed by atoms with Gasteiger partial charge in [-0.2, -0.15) is 0 Å². The summed E-state index contributed by atoms with van der Waals surface area (Å²) in [5.74, 6) is 0.0314. The van der Waals surface area contributed by atoms with E-state index in [2.05, 4.69) is 15.0 Å². The lowest BCUT2D eigenvalue weighted by Gasteiger charge is -2.09. The third kappa shape index (κ3) is 4.73. The number of fused-ring (bicyclic) bond motifs is 1. The molecule has 0 aliphatic heterocycles. The number of halogens is 1. The highest BCUT2D eigenvalue weighted by atomic mass is 32.2. The number of sulfonamides is 1. The van der Waals surface area contributed by atoms with Gasteiger partial charge in [-0.1, -0.05) is 12.1 Å². The third-order valence-electron chi connectivity index (χ3n) is 5.08. The van der Waals surface area contributed by atoms with Crippen LogP contribution in [0.5, 0.6) is 0 Å². The van der Waals surface area contributed by atoms with Gasteiger partial charge in [-0.05, 0) is 68.4 Å². The predicted molar refractivity (Wildman–Crippen MR) is 126 cm³/mol. The summed E-state index contributed by atoms with van der Waals surface area (Å²) in [5, 5.41) is 2.86. The molecular formula is C24H23FN4O3S. The van der Waals surface area contributed by atoms with Gasteiger partial charge >= 0.3 is 0 Å². The summed E-state index contributed by atoms with van der Waals surface area (Å²) in [6.45, 7) is 3.81. The minimum Gasteiger partial charge on any atom is -0.350 e. The van der Waals surface area contributed by atoms with Crippen LogP contribution in [0.25, 0.3) is 22.4 Å². The van der Waals surface area contributed by atoms with Gasteiger partial charge in [-0.25, -0.2) is 17.8 Å². The molecule has 4 aromatic rings. The molecule has 0 saturated carbocycles. The Balaban J connectivity index is 1.62. The number of imidazole rings is 1. The van der Waals surface area contributed by atoms with Crippen LogP contribution in [0.15, 0.2) is 71.6 Å². The van der Waals surface area contributed by atoms with E-state index in [1.54, 1.807) is 30.3 Å². The first-order valence-electron chi connectivity index (χ1n) is 10.3. The van der Waals surface area contributed by atoms with Crippen molar-refractivity contribution >= 4 is 32.7 Å². The Morgan fingerprint density at radius 2 is 1.67 bits per heavy atom. The molecule has 1 aromatic heterocycles. The van der Waals surface area contributed by atoms with E-state index in [1.807, 2.05) is 37.6 Å². The average Bonchev–Trinajstić information content (AvgIpc) is 3.09. The highest BCUT2D eigenvalue weighted by Gasteiger charge is 2.16. The van der Waals surface area contributed by atoms with Crippen LogP contribution in [0, 0.1) is 5.82 Å². The molecule has 170 valence electrons. The zero-order valence-corrected chi connectivity index (χ0v) is 19.2. The lowest BCUT2D eigenvalue weighted by atomic mass is 10.1. The minimum absolute atomic E-state index is 0.0349. The number of aromatic nitrogens is 2. The molecular weight excluding hydrogens is 443 g/mol. The van der Waals surface area contributed by atoms with Gasteiger partial charge in [0.15, 0.2) is 0 Å². The van der Waals surface area contributed by atoms with Crippen LogP contribution < -0.4 is 10.0 Å². The molecule has 2 N–H and O–H groups in total. The van der Waals surface area contributed by atoms with Crippen molar-refractivity contribution in [3.05, 3.63) is 78.1 Å². The van der Waals surface area contributed by atoms with Gasteiger partial charge in [-0.3, -0.25) is 9.52 Å². The first kappa shape index (κ1) is 22.5. The van der Waals surface area contributed by atoms with Gasteiger partial charge in [0, 0.05) is 24.2 Å². The minimum atomic E-state index is -3.87. The Hall–Kier alpha value is -3.72. The molecule has 4 rings (SSSR count). The fourth-order valence-electron chi connectivity index (χ4n) is 3.47. The Morgan fingerprint density at radius 3 is 2.30 bits per heavy atom. The van der Waals surface area contributed by atoms with Crippen molar-refractivity contribution in [2.75, 3.05) is 4.72 Å². The molecule has 0 spiro atoms. The van der Waals surface area contributed by atoms with Crippen LogP contribution in [-0.4, -0.2) is 29.9 Å². The number of amides is 1. The summed E-state index contributed by atoms with van der Waals surface area (Å²) >= 11 is 0. The number of benzene rings is 3. The Kier molecular flexibility index (Phi) is 5.90. The van der Waals surface area contributed by atoms with Crippen molar-refractivity contribution in [2.45, 2.75) is 24.8 Å². The maximum absolute atomic E-state index is 13.1. The number of hydrogen-bond donors (Lipinski definition) is 2. The molecule has 0 aliphatic rings. The summed E-state index contributed by atoms with van der Waals surface area (Å²) in [7, 11) is -2.00. The average molecular weight is 467 g/mol. The molecule has 0 aliphatic carbocycles. The maximum Gasteiger partial charge on any atom is 0.261 e. The second-order valence-electron chi connectivity index (χ2n) is 7.96. The second-order valence-corrected chi connectivity index (χ2v) is 9.65. The lowest BCUT2D eigenvalue weighted by Crippen LogP contribution is -2.29. The summed E-state index contributed by atoms with van der Waals surface area (Å²) < 4.78 is 42.7. The van der Waals surface area contributed by atoms with Crippen LogP contribution >= 0.6 is 0 Å². The van der Waals surface area contributed by atoms with Gasteiger partial charge in [0.25, 0.3) is 15.9 Å². The summed E-state index contributed by atoms with van der Waals surface area (Å²) in [6, 6.07) is 16.9. The Morgan fingerprint density at radius 1 is 1.00 bits per heavy atom. The van der Waals surface area contributed by atoms with E-state index in [0.717, 1.165) is 23.2 Å². The van der Waals surface area contributed by atoms with Crippen molar-refractivity contribution in [1.82, 2.24) is 14.9 Å². The predicted octanol–water partition coefficient (Wildman–Crippen LogP) is 4.32. The smallest absolute Gasteiger partial charge is 0.261 e. The van der Waals surface area contributed by atoms with E-state index < -0.39 is 15.8 Å². The molecule has 3 aromatic carbocycles. The van der Waals surface area contributed by atoms with E-state index in [1.165, 1.54) is 12.1 Å². The number of carbonyl (C=O) groups excluding carboxylic acids is 1. The number of hydrogen-bond acceptors (Lipinski definition) is 4. The number of carbonyl (C=O) groups is 1. The maximum atomic E-state index is 13.1. The van der Waals surface area contributed by atoms with Gasteiger partial charge in [0.05, 0.1) is 21.6 Å². The highest BCUT2D eigenvalue weighted by Crippen LogP contribution is 2.27. The van der Waals surface area contributed by atoms with Crippen molar-refractivity contribution < 1.29 is 17.6 Å². The van der Waals surface area contributed by atoms with Crippen LogP contribution in [-0.2, 0) is 17.1 Å². The molecule has 0 radical (unpaired) electrons. The molecule has 33 heavy (non-hydrogen) atoms. The van der Waals surface area contributed by atoms with Crippen LogP contribution in [0.4, 0.5) is 10.1 Å². The van der Waals surface area contributed by atoms with Crippen molar-refractivity contribution in [3.8, 4) is 11.4 Å². The summed E-state index contributed by atoms with van der Waals surface area (Å²) in [4.78, 5) is 16.8. The van der Waals surface area contributed by atoms with Gasteiger partial charge in [-0.15, -0.1) is 0 Å². The Bertz CT molecular complexity index is 1430. The molecule has 0 fully saturated rings. The molecule has 0 atom stereocenters.